The lowest BCUT2D eigenvalue weighted by Crippen LogP contribution is -2.28. The Morgan fingerprint density at radius 3 is 2.94 bits per heavy atom. The maximum absolute atomic E-state index is 11.5. The van der Waals surface area contributed by atoms with Crippen LogP contribution in [0.2, 0.25) is 0 Å². The van der Waals surface area contributed by atoms with Gasteiger partial charge in [0.05, 0.1) is 6.04 Å². The largest absolute Gasteiger partial charge is 0.381 e. The summed E-state index contributed by atoms with van der Waals surface area (Å²) in [6.45, 7) is 3.16. The van der Waals surface area contributed by atoms with Crippen molar-refractivity contribution in [1.82, 2.24) is 15.1 Å². The topological polar surface area (TPSA) is 82.2 Å². The number of hydrogen-bond donors (Lipinski definition) is 2. The highest BCUT2D eigenvalue weighted by Crippen LogP contribution is 2.27. The molecule has 0 aromatic carbocycles. The van der Waals surface area contributed by atoms with Gasteiger partial charge < -0.3 is 15.8 Å². The third kappa shape index (κ3) is 1.91. The monoisotopic (exact) mass is 250 g/mol. The molecule has 2 aliphatic rings. The average Bonchev–Trinajstić information content (AvgIpc) is 2.79. The standard InChI is InChI=1S/C12H18N4O2/c13-12(17)11-9-7-14-4-1-10(9)16(15-11)8-2-5-18-6-3-8/h8,14H,1-7H2,(H2,13,17). The van der Waals surface area contributed by atoms with Gasteiger partial charge in [0.25, 0.3) is 5.91 Å². The van der Waals surface area contributed by atoms with E-state index in [1.54, 1.807) is 0 Å². The van der Waals surface area contributed by atoms with Crippen molar-refractivity contribution in [2.75, 3.05) is 19.8 Å². The third-order valence-corrected chi connectivity index (χ3v) is 3.73. The molecule has 1 fully saturated rings. The number of amides is 1. The van der Waals surface area contributed by atoms with Gasteiger partial charge in [-0.05, 0) is 12.8 Å². The van der Waals surface area contributed by atoms with Crippen molar-refractivity contribution in [3.63, 3.8) is 0 Å². The molecule has 0 unspecified atom stereocenters. The lowest BCUT2D eigenvalue weighted by atomic mass is 10.0. The molecule has 0 atom stereocenters. The fraction of sp³-hybridized carbons (Fsp3) is 0.667. The summed E-state index contributed by atoms with van der Waals surface area (Å²) in [4.78, 5) is 11.5. The Balaban J connectivity index is 2.00. The zero-order valence-corrected chi connectivity index (χ0v) is 10.3. The lowest BCUT2D eigenvalue weighted by Gasteiger charge is -2.25. The molecule has 1 amide bonds. The second-order valence-electron chi connectivity index (χ2n) is 4.85. The van der Waals surface area contributed by atoms with E-state index in [1.165, 1.54) is 5.69 Å². The highest BCUT2D eigenvalue weighted by atomic mass is 16.5. The van der Waals surface area contributed by atoms with Crippen LogP contribution < -0.4 is 11.1 Å². The Morgan fingerprint density at radius 2 is 2.22 bits per heavy atom. The third-order valence-electron chi connectivity index (χ3n) is 3.73. The van der Waals surface area contributed by atoms with E-state index in [4.69, 9.17) is 10.5 Å². The van der Waals surface area contributed by atoms with Crippen molar-refractivity contribution >= 4 is 5.91 Å². The van der Waals surface area contributed by atoms with Gasteiger partial charge in [0.15, 0.2) is 5.69 Å². The van der Waals surface area contributed by atoms with Crippen LogP contribution in [0.1, 0.15) is 40.6 Å². The van der Waals surface area contributed by atoms with Crippen molar-refractivity contribution in [3.8, 4) is 0 Å². The van der Waals surface area contributed by atoms with E-state index in [0.717, 1.165) is 44.6 Å². The van der Waals surface area contributed by atoms with Gasteiger partial charge in [-0.1, -0.05) is 0 Å². The van der Waals surface area contributed by atoms with Crippen molar-refractivity contribution in [2.45, 2.75) is 31.8 Å². The lowest BCUT2D eigenvalue weighted by molar-refractivity contribution is 0.0652. The number of fused-ring (bicyclic) bond motifs is 1. The highest BCUT2D eigenvalue weighted by Gasteiger charge is 2.27. The van der Waals surface area contributed by atoms with Crippen LogP contribution in [0.3, 0.4) is 0 Å². The summed E-state index contributed by atoms with van der Waals surface area (Å²) in [5, 5.41) is 7.73. The Kier molecular flexibility index (Phi) is 3.05. The van der Waals surface area contributed by atoms with E-state index in [1.807, 2.05) is 4.68 Å². The number of carbonyl (C=O) groups excluding carboxylic acids is 1. The molecule has 0 radical (unpaired) electrons. The van der Waals surface area contributed by atoms with Crippen molar-refractivity contribution in [2.24, 2.45) is 5.73 Å². The van der Waals surface area contributed by atoms with E-state index in [0.29, 0.717) is 18.3 Å². The number of nitrogens with two attached hydrogens (primary N) is 1. The maximum atomic E-state index is 11.5. The van der Waals surface area contributed by atoms with Gasteiger partial charge in [0, 0.05) is 44.0 Å². The summed E-state index contributed by atoms with van der Waals surface area (Å²) in [7, 11) is 0. The Hall–Kier alpha value is -1.40. The van der Waals surface area contributed by atoms with Crippen molar-refractivity contribution in [3.05, 3.63) is 17.0 Å². The van der Waals surface area contributed by atoms with Crippen LogP contribution >= 0.6 is 0 Å². The van der Waals surface area contributed by atoms with Gasteiger partial charge in [0.2, 0.25) is 0 Å². The van der Waals surface area contributed by atoms with Gasteiger partial charge in [-0.25, -0.2) is 0 Å². The number of carbonyl (C=O) groups is 1. The predicted molar refractivity (Wildman–Crippen MR) is 65.2 cm³/mol. The molecule has 1 aromatic rings. The van der Waals surface area contributed by atoms with Crippen molar-refractivity contribution < 1.29 is 9.53 Å². The summed E-state index contributed by atoms with van der Waals surface area (Å²) in [5.74, 6) is -0.430. The first-order valence-corrected chi connectivity index (χ1v) is 6.46. The molecule has 98 valence electrons. The van der Waals surface area contributed by atoms with Gasteiger partial charge in [-0.2, -0.15) is 5.10 Å². The van der Waals surface area contributed by atoms with Gasteiger partial charge in [-0.3, -0.25) is 9.48 Å². The van der Waals surface area contributed by atoms with Gasteiger partial charge in [0.1, 0.15) is 0 Å². The molecule has 3 N–H and O–H groups in total. The number of ether oxygens (including phenoxy) is 1. The van der Waals surface area contributed by atoms with Crippen molar-refractivity contribution in [1.29, 1.82) is 0 Å². The van der Waals surface area contributed by atoms with E-state index < -0.39 is 5.91 Å². The average molecular weight is 250 g/mol. The first-order chi connectivity index (χ1) is 8.77. The normalized spacial score (nSPS) is 20.7. The van der Waals surface area contributed by atoms with Crippen LogP contribution in [0, 0.1) is 0 Å². The summed E-state index contributed by atoms with van der Waals surface area (Å²) < 4.78 is 7.40. The quantitative estimate of drug-likeness (QED) is 0.772. The molecule has 2 aliphatic heterocycles. The molecular formula is C12H18N4O2. The van der Waals surface area contributed by atoms with E-state index in [2.05, 4.69) is 10.4 Å². The zero-order valence-electron chi connectivity index (χ0n) is 10.3. The molecule has 6 nitrogen and oxygen atoms in total. The number of nitrogens with one attached hydrogen (secondary N) is 1. The van der Waals surface area contributed by atoms with Crippen LogP contribution in [-0.4, -0.2) is 35.4 Å². The summed E-state index contributed by atoms with van der Waals surface area (Å²) in [6.07, 6.45) is 2.83. The molecule has 3 rings (SSSR count). The maximum Gasteiger partial charge on any atom is 0.269 e. The summed E-state index contributed by atoms with van der Waals surface area (Å²) in [6, 6.07) is 0.346. The molecule has 3 heterocycles. The smallest absolute Gasteiger partial charge is 0.269 e. The number of aromatic nitrogens is 2. The SMILES string of the molecule is NC(=O)c1nn(C2CCOCC2)c2c1CNCC2. The molecule has 0 saturated carbocycles. The Morgan fingerprint density at radius 1 is 1.44 bits per heavy atom. The van der Waals surface area contributed by atoms with Gasteiger partial charge in [-0.15, -0.1) is 0 Å². The first-order valence-electron chi connectivity index (χ1n) is 6.46. The molecule has 0 aliphatic carbocycles. The van der Waals surface area contributed by atoms with Crippen LogP contribution in [0.5, 0.6) is 0 Å². The molecule has 6 heteroatoms. The fourth-order valence-corrected chi connectivity index (χ4v) is 2.80. The number of hydrogen-bond acceptors (Lipinski definition) is 4. The van der Waals surface area contributed by atoms with E-state index in [9.17, 15) is 4.79 Å². The molecule has 0 spiro atoms. The highest BCUT2D eigenvalue weighted by molar-refractivity contribution is 5.92. The second kappa shape index (κ2) is 4.70. The van der Waals surface area contributed by atoms with E-state index >= 15 is 0 Å². The van der Waals surface area contributed by atoms with Crippen LogP contribution in [-0.2, 0) is 17.7 Å². The summed E-state index contributed by atoms with van der Waals surface area (Å²) in [5.41, 5.74) is 8.01. The number of nitrogens with zero attached hydrogens (tertiary/aromatic N) is 2. The Bertz CT molecular complexity index is 463. The minimum Gasteiger partial charge on any atom is -0.381 e. The predicted octanol–water partition coefficient (Wildman–Crippen LogP) is -0.0208. The van der Waals surface area contributed by atoms with E-state index in [-0.39, 0.29) is 0 Å². The minimum atomic E-state index is -0.430. The van der Waals surface area contributed by atoms with Crippen LogP contribution in [0.25, 0.3) is 0 Å². The van der Waals surface area contributed by atoms with Crippen LogP contribution in [0.15, 0.2) is 0 Å². The molecule has 1 aromatic heterocycles. The Labute approximate surface area is 105 Å². The molecule has 1 saturated heterocycles. The molecule has 18 heavy (non-hydrogen) atoms. The fourth-order valence-electron chi connectivity index (χ4n) is 2.80. The van der Waals surface area contributed by atoms with Gasteiger partial charge >= 0.3 is 0 Å². The minimum absolute atomic E-state index is 0.346. The molecule has 0 bridgehead atoms. The van der Waals surface area contributed by atoms with Crippen LogP contribution in [0.4, 0.5) is 0 Å². The first kappa shape index (κ1) is 11.7. The number of primary amides is 1. The zero-order chi connectivity index (χ0) is 12.5. The molecular weight excluding hydrogens is 232 g/mol. The summed E-state index contributed by atoms with van der Waals surface area (Å²) >= 11 is 0. The number of rotatable bonds is 2. The second-order valence-corrected chi connectivity index (χ2v) is 4.85.